The van der Waals surface area contributed by atoms with Crippen molar-refractivity contribution in [2.45, 2.75) is 19.9 Å². The monoisotopic (exact) mass is 353 g/mol. The molecule has 0 saturated heterocycles. The maximum atomic E-state index is 9.62. The van der Waals surface area contributed by atoms with Gasteiger partial charge in [-0.25, -0.2) is 0 Å². The number of halogens is 2. The van der Waals surface area contributed by atoms with Crippen LogP contribution < -0.4 is 5.32 Å². The molecule has 0 aliphatic heterocycles. The standard InChI is InChI=1S/C16H17BrClNO/c1-10-3-4-12(7-11(10)2)16(9-20)19-13-5-6-15(18)14(17)8-13/h3-8,16,19-20H,9H2,1-2H3. The van der Waals surface area contributed by atoms with Crippen LogP contribution in [0.4, 0.5) is 5.69 Å². The van der Waals surface area contributed by atoms with Crippen molar-refractivity contribution in [1.82, 2.24) is 0 Å². The van der Waals surface area contributed by atoms with Crippen molar-refractivity contribution in [1.29, 1.82) is 0 Å². The molecule has 0 aromatic heterocycles. The lowest BCUT2D eigenvalue weighted by molar-refractivity contribution is 0.276. The summed E-state index contributed by atoms with van der Waals surface area (Å²) >= 11 is 9.38. The Bertz CT molecular complexity index is 615. The van der Waals surface area contributed by atoms with Crippen LogP contribution in [0.3, 0.4) is 0 Å². The average molecular weight is 355 g/mol. The smallest absolute Gasteiger partial charge is 0.0745 e. The van der Waals surface area contributed by atoms with Crippen LogP contribution in [-0.2, 0) is 0 Å². The molecule has 2 aromatic carbocycles. The first kappa shape index (κ1) is 15.4. The molecule has 4 heteroatoms. The van der Waals surface area contributed by atoms with E-state index in [1.54, 1.807) is 0 Å². The van der Waals surface area contributed by atoms with E-state index in [0.717, 1.165) is 15.7 Å². The van der Waals surface area contributed by atoms with E-state index in [-0.39, 0.29) is 12.6 Å². The molecule has 2 rings (SSSR count). The molecule has 0 aliphatic carbocycles. The SMILES string of the molecule is Cc1ccc(C(CO)Nc2ccc(Cl)c(Br)c2)cc1C. The van der Waals surface area contributed by atoms with Crippen LogP contribution in [0.15, 0.2) is 40.9 Å². The van der Waals surface area contributed by atoms with Gasteiger partial charge in [-0.1, -0.05) is 29.8 Å². The van der Waals surface area contributed by atoms with E-state index in [4.69, 9.17) is 11.6 Å². The predicted octanol–water partition coefficient (Wildman–Crippen LogP) is 4.86. The number of rotatable bonds is 4. The van der Waals surface area contributed by atoms with E-state index in [9.17, 15) is 5.11 Å². The molecule has 0 heterocycles. The molecular formula is C16H17BrClNO. The van der Waals surface area contributed by atoms with Gasteiger partial charge in [-0.15, -0.1) is 0 Å². The molecule has 0 amide bonds. The van der Waals surface area contributed by atoms with E-state index < -0.39 is 0 Å². The molecule has 1 atom stereocenters. The summed E-state index contributed by atoms with van der Waals surface area (Å²) in [7, 11) is 0. The van der Waals surface area contributed by atoms with Gasteiger partial charge < -0.3 is 10.4 Å². The van der Waals surface area contributed by atoms with Crippen molar-refractivity contribution in [3.05, 3.63) is 62.6 Å². The summed E-state index contributed by atoms with van der Waals surface area (Å²) in [6.07, 6.45) is 0. The zero-order valence-corrected chi connectivity index (χ0v) is 13.8. The molecule has 106 valence electrons. The molecule has 20 heavy (non-hydrogen) atoms. The molecular weight excluding hydrogens is 338 g/mol. The summed E-state index contributed by atoms with van der Waals surface area (Å²) in [6.45, 7) is 4.19. The van der Waals surface area contributed by atoms with E-state index in [0.29, 0.717) is 5.02 Å². The highest BCUT2D eigenvalue weighted by molar-refractivity contribution is 9.10. The van der Waals surface area contributed by atoms with E-state index >= 15 is 0 Å². The van der Waals surface area contributed by atoms with Gasteiger partial charge >= 0.3 is 0 Å². The average Bonchev–Trinajstić information content (AvgIpc) is 2.43. The second-order valence-electron chi connectivity index (χ2n) is 4.85. The fraction of sp³-hybridized carbons (Fsp3) is 0.250. The van der Waals surface area contributed by atoms with Gasteiger partial charge in [-0.2, -0.15) is 0 Å². The lowest BCUT2D eigenvalue weighted by Crippen LogP contribution is -2.15. The van der Waals surface area contributed by atoms with Crippen LogP contribution in [0, 0.1) is 13.8 Å². The quantitative estimate of drug-likeness (QED) is 0.821. The Morgan fingerprint density at radius 1 is 1.15 bits per heavy atom. The molecule has 0 fully saturated rings. The summed E-state index contributed by atoms with van der Waals surface area (Å²) in [5.41, 5.74) is 4.46. The van der Waals surface area contributed by atoms with Crippen molar-refractivity contribution in [3.63, 3.8) is 0 Å². The van der Waals surface area contributed by atoms with Crippen molar-refractivity contribution in [3.8, 4) is 0 Å². The third-order valence-electron chi connectivity index (χ3n) is 3.38. The van der Waals surface area contributed by atoms with Crippen LogP contribution in [0.1, 0.15) is 22.7 Å². The van der Waals surface area contributed by atoms with E-state index in [2.05, 4.69) is 47.2 Å². The van der Waals surface area contributed by atoms with Crippen LogP contribution in [0.25, 0.3) is 0 Å². The molecule has 2 aromatic rings. The van der Waals surface area contributed by atoms with Gasteiger partial charge in [0.25, 0.3) is 0 Å². The topological polar surface area (TPSA) is 32.3 Å². The Balaban J connectivity index is 2.23. The van der Waals surface area contributed by atoms with Crippen LogP contribution in [0.2, 0.25) is 5.02 Å². The highest BCUT2D eigenvalue weighted by atomic mass is 79.9. The highest BCUT2D eigenvalue weighted by Gasteiger charge is 2.11. The van der Waals surface area contributed by atoms with Gasteiger partial charge in [-0.3, -0.25) is 0 Å². The summed E-state index contributed by atoms with van der Waals surface area (Å²) in [4.78, 5) is 0. The van der Waals surface area contributed by atoms with Crippen molar-refractivity contribution in [2.75, 3.05) is 11.9 Å². The summed E-state index contributed by atoms with van der Waals surface area (Å²) in [5.74, 6) is 0. The zero-order chi connectivity index (χ0) is 14.7. The van der Waals surface area contributed by atoms with Gasteiger partial charge in [-0.05, 0) is 64.7 Å². The third-order valence-corrected chi connectivity index (χ3v) is 4.59. The minimum Gasteiger partial charge on any atom is -0.394 e. The third kappa shape index (κ3) is 3.54. The number of aliphatic hydroxyl groups is 1. The van der Waals surface area contributed by atoms with Gasteiger partial charge in [0.05, 0.1) is 17.7 Å². The summed E-state index contributed by atoms with van der Waals surface area (Å²) in [5, 5.41) is 13.6. The first-order chi connectivity index (χ1) is 9.51. The predicted molar refractivity (Wildman–Crippen MR) is 88.5 cm³/mol. The number of nitrogens with one attached hydrogen (secondary N) is 1. The number of hydrogen-bond acceptors (Lipinski definition) is 2. The van der Waals surface area contributed by atoms with Crippen LogP contribution in [-0.4, -0.2) is 11.7 Å². The Labute approximate surface area is 132 Å². The Hall–Kier alpha value is -1.03. The van der Waals surface area contributed by atoms with Crippen molar-refractivity contribution >= 4 is 33.2 Å². The van der Waals surface area contributed by atoms with Crippen LogP contribution in [0.5, 0.6) is 0 Å². The zero-order valence-electron chi connectivity index (χ0n) is 11.5. The number of hydrogen-bond donors (Lipinski definition) is 2. The number of aliphatic hydroxyl groups excluding tert-OH is 1. The second kappa shape index (κ2) is 6.61. The molecule has 2 N–H and O–H groups in total. The number of aryl methyl sites for hydroxylation is 2. The normalized spacial score (nSPS) is 12.2. The van der Waals surface area contributed by atoms with Crippen molar-refractivity contribution < 1.29 is 5.11 Å². The van der Waals surface area contributed by atoms with Crippen LogP contribution >= 0.6 is 27.5 Å². The minimum atomic E-state index is -0.137. The molecule has 2 nitrogen and oxygen atoms in total. The molecule has 0 spiro atoms. The number of benzene rings is 2. The van der Waals surface area contributed by atoms with Crippen molar-refractivity contribution in [2.24, 2.45) is 0 Å². The fourth-order valence-electron chi connectivity index (χ4n) is 2.00. The maximum Gasteiger partial charge on any atom is 0.0745 e. The summed E-state index contributed by atoms with van der Waals surface area (Å²) < 4.78 is 0.834. The van der Waals surface area contributed by atoms with Gasteiger partial charge in [0.2, 0.25) is 0 Å². The Kier molecular flexibility index (Phi) is 5.08. The van der Waals surface area contributed by atoms with Gasteiger partial charge in [0, 0.05) is 10.2 Å². The van der Waals surface area contributed by atoms with E-state index in [1.165, 1.54) is 11.1 Å². The largest absolute Gasteiger partial charge is 0.394 e. The van der Waals surface area contributed by atoms with Gasteiger partial charge in [0.1, 0.15) is 0 Å². The lowest BCUT2D eigenvalue weighted by atomic mass is 10.0. The number of anilines is 1. The minimum absolute atomic E-state index is 0.0305. The highest BCUT2D eigenvalue weighted by Crippen LogP contribution is 2.28. The fourth-order valence-corrected chi connectivity index (χ4v) is 2.50. The summed E-state index contributed by atoms with van der Waals surface area (Å²) in [6, 6.07) is 11.7. The molecule has 0 saturated carbocycles. The molecule has 0 radical (unpaired) electrons. The second-order valence-corrected chi connectivity index (χ2v) is 6.11. The first-order valence-electron chi connectivity index (χ1n) is 6.41. The Morgan fingerprint density at radius 3 is 2.50 bits per heavy atom. The molecule has 1 unspecified atom stereocenters. The molecule has 0 aliphatic rings. The lowest BCUT2D eigenvalue weighted by Gasteiger charge is -2.19. The molecule has 0 bridgehead atoms. The van der Waals surface area contributed by atoms with E-state index in [1.807, 2.05) is 24.3 Å². The first-order valence-corrected chi connectivity index (χ1v) is 7.58. The maximum absolute atomic E-state index is 9.62. The Morgan fingerprint density at radius 2 is 1.90 bits per heavy atom. The van der Waals surface area contributed by atoms with Gasteiger partial charge in [0.15, 0.2) is 0 Å².